The zero-order chi connectivity index (χ0) is 23.8. The Kier molecular flexibility index (Phi) is 6.16. The van der Waals surface area contributed by atoms with Crippen LogP contribution in [0.3, 0.4) is 0 Å². The van der Waals surface area contributed by atoms with Crippen LogP contribution in [0.25, 0.3) is 22.0 Å². The second-order valence-corrected chi connectivity index (χ2v) is 9.71. The minimum Gasteiger partial charge on any atom is -0.311 e. The van der Waals surface area contributed by atoms with Gasteiger partial charge in [0, 0.05) is 52.8 Å². The first kappa shape index (κ1) is 22.6. The molecule has 4 aromatic rings. The number of aryl methyl sites for hydroxylation is 1. The van der Waals surface area contributed by atoms with E-state index in [1.54, 1.807) is 10.6 Å². The first-order valence-electron chi connectivity index (χ1n) is 11.3. The number of aliphatic imine (C=N–C) groups is 1. The molecule has 0 fully saturated rings. The van der Waals surface area contributed by atoms with Gasteiger partial charge in [0.05, 0.1) is 5.52 Å². The molecule has 2 unspecified atom stereocenters. The lowest BCUT2D eigenvalue weighted by atomic mass is 9.81. The van der Waals surface area contributed by atoms with Crippen LogP contribution in [-0.2, 0) is 13.5 Å². The van der Waals surface area contributed by atoms with E-state index in [-0.39, 0.29) is 17.4 Å². The molecule has 5 rings (SSSR count). The SMILES string of the molecule is CC1C=NC=C1C(Cc1ccc(Cl)cc1)c1ccc2c(c1)c(-c1cccc(Cl)c1)cc(=O)n2C. The third kappa shape index (κ3) is 4.34. The van der Waals surface area contributed by atoms with Crippen molar-refractivity contribution in [3.05, 3.63) is 116 Å². The van der Waals surface area contributed by atoms with E-state index in [9.17, 15) is 4.79 Å². The summed E-state index contributed by atoms with van der Waals surface area (Å²) in [5.41, 5.74) is 6.34. The van der Waals surface area contributed by atoms with E-state index in [1.165, 1.54) is 16.7 Å². The van der Waals surface area contributed by atoms with E-state index in [0.717, 1.165) is 33.5 Å². The number of hydrogen-bond donors (Lipinski definition) is 0. The number of allylic oxidation sites excluding steroid dienone is 1. The van der Waals surface area contributed by atoms with Crippen molar-refractivity contribution in [3.8, 4) is 11.1 Å². The zero-order valence-electron chi connectivity index (χ0n) is 19.0. The lowest BCUT2D eigenvalue weighted by Gasteiger charge is -2.23. The monoisotopic (exact) mass is 486 g/mol. The molecule has 0 N–H and O–H groups in total. The number of hydrogen-bond acceptors (Lipinski definition) is 2. The Morgan fingerprint density at radius 3 is 2.47 bits per heavy atom. The molecule has 3 nitrogen and oxygen atoms in total. The third-order valence-electron chi connectivity index (χ3n) is 6.62. The molecule has 2 atom stereocenters. The molecule has 0 aliphatic carbocycles. The van der Waals surface area contributed by atoms with Crippen molar-refractivity contribution < 1.29 is 0 Å². The van der Waals surface area contributed by atoms with Crippen LogP contribution in [0.5, 0.6) is 0 Å². The molecule has 0 bridgehead atoms. The summed E-state index contributed by atoms with van der Waals surface area (Å²) in [6, 6.07) is 23.8. The number of rotatable bonds is 5. The first-order valence-corrected chi connectivity index (χ1v) is 12.0. The van der Waals surface area contributed by atoms with E-state index in [0.29, 0.717) is 5.02 Å². The Hall–Kier alpha value is -3.14. The first-order chi connectivity index (χ1) is 16.4. The predicted molar refractivity (Wildman–Crippen MR) is 143 cm³/mol. The summed E-state index contributed by atoms with van der Waals surface area (Å²) in [6.07, 6.45) is 4.82. The van der Waals surface area contributed by atoms with Crippen molar-refractivity contribution in [2.75, 3.05) is 0 Å². The number of fused-ring (bicyclic) bond motifs is 1. The van der Waals surface area contributed by atoms with Crippen molar-refractivity contribution in [2.45, 2.75) is 19.3 Å². The molecule has 170 valence electrons. The maximum atomic E-state index is 12.7. The second kappa shape index (κ2) is 9.25. The lowest BCUT2D eigenvalue weighted by molar-refractivity contribution is 0.719. The van der Waals surface area contributed by atoms with Gasteiger partial charge in [0.2, 0.25) is 0 Å². The van der Waals surface area contributed by atoms with Gasteiger partial charge in [-0.25, -0.2) is 0 Å². The van der Waals surface area contributed by atoms with Crippen LogP contribution >= 0.6 is 23.2 Å². The Bertz CT molecular complexity index is 1500. The summed E-state index contributed by atoms with van der Waals surface area (Å²) < 4.78 is 1.70. The van der Waals surface area contributed by atoms with Gasteiger partial charge < -0.3 is 4.57 Å². The van der Waals surface area contributed by atoms with Crippen molar-refractivity contribution in [1.82, 2.24) is 4.57 Å². The van der Waals surface area contributed by atoms with Crippen molar-refractivity contribution >= 4 is 40.3 Å². The molecule has 1 aliphatic heterocycles. The summed E-state index contributed by atoms with van der Waals surface area (Å²) in [7, 11) is 1.81. The van der Waals surface area contributed by atoms with Gasteiger partial charge in [0.15, 0.2) is 0 Å². The average molecular weight is 487 g/mol. The summed E-state index contributed by atoms with van der Waals surface area (Å²) in [5, 5.41) is 2.40. The highest BCUT2D eigenvalue weighted by Crippen LogP contribution is 2.38. The van der Waals surface area contributed by atoms with E-state index < -0.39 is 0 Å². The van der Waals surface area contributed by atoms with Crippen molar-refractivity contribution in [1.29, 1.82) is 0 Å². The Morgan fingerprint density at radius 1 is 0.971 bits per heavy atom. The zero-order valence-corrected chi connectivity index (χ0v) is 20.5. The molecular weight excluding hydrogens is 463 g/mol. The molecule has 0 saturated carbocycles. The minimum absolute atomic E-state index is 0.0477. The largest absolute Gasteiger partial charge is 0.311 e. The number of aromatic nitrogens is 1. The second-order valence-electron chi connectivity index (χ2n) is 8.84. The molecule has 2 heterocycles. The number of benzene rings is 3. The van der Waals surface area contributed by atoms with Crippen LogP contribution in [0.2, 0.25) is 10.0 Å². The fourth-order valence-electron chi connectivity index (χ4n) is 4.74. The van der Waals surface area contributed by atoms with Crippen LogP contribution in [0.15, 0.2) is 94.4 Å². The molecule has 0 amide bonds. The third-order valence-corrected chi connectivity index (χ3v) is 7.11. The fraction of sp³-hybridized carbons (Fsp3) is 0.172. The van der Waals surface area contributed by atoms with Gasteiger partial charge in [-0.05, 0) is 70.6 Å². The van der Waals surface area contributed by atoms with E-state index in [2.05, 4.69) is 42.2 Å². The highest BCUT2D eigenvalue weighted by atomic mass is 35.5. The number of nitrogens with zero attached hydrogens (tertiary/aromatic N) is 2. The Balaban J connectivity index is 1.69. The fourth-order valence-corrected chi connectivity index (χ4v) is 5.06. The smallest absolute Gasteiger partial charge is 0.251 e. The van der Waals surface area contributed by atoms with Gasteiger partial charge in [-0.1, -0.05) is 60.5 Å². The van der Waals surface area contributed by atoms with E-state index in [1.807, 2.05) is 55.9 Å². The molecule has 0 radical (unpaired) electrons. The quantitative estimate of drug-likeness (QED) is 0.288. The Morgan fingerprint density at radius 2 is 1.76 bits per heavy atom. The topological polar surface area (TPSA) is 34.4 Å². The van der Waals surface area contributed by atoms with Crippen molar-refractivity contribution in [3.63, 3.8) is 0 Å². The normalized spacial score (nSPS) is 16.1. The van der Waals surface area contributed by atoms with Gasteiger partial charge >= 0.3 is 0 Å². The van der Waals surface area contributed by atoms with Crippen molar-refractivity contribution in [2.24, 2.45) is 18.0 Å². The molecule has 3 aromatic carbocycles. The average Bonchev–Trinajstić information content (AvgIpc) is 3.26. The van der Waals surface area contributed by atoms with Gasteiger partial charge in [-0.2, -0.15) is 0 Å². The van der Waals surface area contributed by atoms with Gasteiger partial charge in [0.1, 0.15) is 0 Å². The molecule has 0 spiro atoms. The van der Waals surface area contributed by atoms with Crippen LogP contribution in [0.1, 0.15) is 24.0 Å². The van der Waals surface area contributed by atoms with Gasteiger partial charge in [-0.15, -0.1) is 0 Å². The molecular formula is C29H24Cl2N2O. The van der Waals surface area contributed by atoms with E-state index >= 15 is 0 Å². The standard InChI is InChI=1S/C29H24Cl2N2O/c1-18-16-32-17-27(18)24(12-19-6-9-22(30)10-7-19)21-8-11-28-26(14-21)25(15-29(34)33(28)2)20-4-3-5-23(31)13-20/h3-11,13-18,24H,12H2,1-2H3. The molecule has 1 aliphatic rings. The maximum Gasteiger partial charge on any atom is 0.251 e. The molecule has 5 heteroatoms. The summed E-state index contributed by atoms with van der Waals surface area (Å²) in [5.74, 6) is 0.410. The number of pyridine rings is 1. The highest BCUT2D eigenvalue weighted by Gasteiger charge is 2.24. The Labute approximate surface area is 209 Å². The maximum absolute atomic E-state index is 12.7. The molecule has 1 aromatic heterocycles. The predicted octanol–water partition coefficient (Wildman–Crippen LogP) is 7.44. The van der Waals surface area contributed by atoms with Crippen LogP contribution in [0.4, 0.5) is 0 Å². The summed E-state index contributed by atoms with van der Waals surface area (Å²) in [6.45, 7) is 2.18. The summed E-state index contributed by atoms with van der Waals surface area (Å²) >= 11 is 12.4. The van der Waals surface area contributed by atoms with Gasteiger partial charge in [0.25, 0.3) is 5.56 Å². The number of halogens is 2. The van der Waals surface area contributed by atoms with E-state index in [4.69, 9.17) is 23.2 Å². The minimum atomic E-state index is -0.0477. The summed E-state index contributed by atoms with van der Waals surface area (Å²) in [4.78, 5) is 17.2. The van der Waals surface area contributed by atoms with Gasteiger partial charge in [-0.3, -0.25) is 9.79 Å². The van der Waals surface area contributed by atoms with Crippen LogP contribution in [0, 0.1) is 5.92 Å². The van der Waals surface area contributed by atoms with Crippen LogP contribution < -0.4 is 5.56 Å². The van der Waals surface area contributed by atoms with Crippen LogP contribution in [-0.4, -0.2) is 10.8 Å². The molecule has 0 saturated heterocycles. The lowest BCUT2D eigenvalue weighted by Crippen LogP contribution is -2.17. The highest BCUT2D eigenvalue weighted by molar-refractivity contribution is 6.31. The molecule has 34 heavy (non-hydrogen) atoms.